The highest BCUT2D eigenvalue weighted by Crippen LogP contribution is 2.24. The molecular weight excluding hydrogens is 188 g/mol. The summed E-state index contributed by atoms with van der Waals surface area (Å²) in [5.41, 5.74) is -0.199. The van der Waals surface area contributed by atoms with E-state index in [2.05, 4.69) is 12.2 Å². The molecule has 0 aromatic heterocycles. The van der Waals surface area contributed by atoms with E-state index in [4.69, 9.17) is 0 Å². The highest BCUT2D eigenvalue weighted by Gasteiger charge is 2.32. The van der Waals surface area contributed by atoms with E-state index in [9.17, 15) is 4.79 Å². The molecule has 1 heterocycles. The molecule has 1 aliphatic rings. The molecule has 1 fully saturated rings. The molecule has 0 spiro atoms. The number of amides is 1. The molecule has 1 unspecified atom stereocenters. The second-order valence-electron chi connectivity index (χ2n) is 5.12. The number of piperidine rings is 1. The van der Waals surface area contributed by atoms with Crippen LogP contribution in [0.3, 0.4) is 0 Å². The van der Waals surface area contributed by atoms with Crippen LogP contribution >= 0.6 is 0 Å². The zero-order chi connectivity index (χ0) is 11.5. The van der Waals surface area contributed by atoms with Crippen LogP contribution in [-0.4, -0.2) is 37.0 Å². The molecular formula is C12H24N2O. The number of carbonyl (C=O) groups is 1. The minimum absolute atomic E-state index is 0.199. The predicted octanol–water partition coefficient (Wildman–Crippen LogP) is 1.63. The van der Waals surface area contributed by atoms with Crippen molar-refractivity contribution in [3.63, 3.8) is 0 Å². The van der Waals surface area contributed by atoms with E-state index in [-0.39, 0.29) is 5.41 Å². The zero-order valence-corrected chi connectivity index (χ0v) is 10.5. The van der Waals surface area contributed by atoms with E-state index in [0.717, 1.165) is 25.9 Å². The average molecular weight is 212 g/mol. The Morgan fingerprint density at radius 2 is 2.20 bits per heavy atom. The van der Waals surface area contributed by atoms with Crippen molar-refractivity contribution < 1.29 is 4.79 Å². The Morgan fingerprint density at radius 1 is 1.53 bits per heavy atom. The third kappa shape index (κ3) is 2.94. The molecule has 1 saturated heterocycles. The minimum Gasteiger partial charge on any atom is -0.341 e. The van der Waals surface area contributed by atoms with E-state index >= 15 is 0 Å². The van der Waals surface area contributed by atoms with E-state index < -0.39 is 0 Å². The molecule has 15 heavy (non-hydrogen) atoms. The van der Waals surface area contributed by atoms with E-state index in [1.165, 1.54) is 6.42 Å². The Labute approximate surface area is 93.2 Å². The van der Waals surface area contributed by atoms with Crippen molar-refractivity contribution in [2.75, 3.05) is 20.1 Å². The van der Waals surface area contributed by atoms with Gasteiger partial charge in [0.1, 0.15) is 0 Å². The quantitative estimate of drug-likeness (QED) is 0.771. The molecule has 0 bridgehead atoms. The van der Waals surface area contributed by atoms with Crippen LogP contribution in [0.4, 0.5) is 0 Å². The first-order valence-electron chi connectivity index (χ1n) is 5.98. The number of hydrogen-bond acceptors (Lipinski definition) is 2. The van der Waals surface area contributed by atoms with Gasteiger partial charge in [-0.25, -0.2) is 0 Å². The third-order valence-electron chi connectivity index (χ3n) is 3.58. The summed E-state index contributed by atoms with van der Waals surface area (Å²) in [6.07, 6.45) is 3.22. The topological polar surface area (TPSA) is 32.3 Å². The van der Waals surface area contributed by atoms with Gasteiger partial charge in [0, 0.05) is 24.5 Å². The van der Waals surface area contributed by atoms with Crippen LogP contribution in [0.15, 0.2) is 0 Å². The molecule has 88 valence electrons. The van der Waals surface area contributed by atoms with Crippen LogP contribution in [0.5, 0.6) is 0 Å². The molecule has 1 atom stereocenters. The number of carbonyl (C=O) groups excluding carboxylic acids is 1. The fourth-order valence-electron chi connectivity index (χ4n) is 1.98. The molecule has 0 aliphatic carbocycles. The smallest absolute Gasteiger partial charge is 0.228 e. The summed E-state index contributed by atoms with van der Waals surface area (Å²) in [7, 11) is 1.98. The van der Waals surface area contributed by atoms with Gasteiger partial charge in [0.05, 0.1) is 0 Å². The molecule has 1 aliphatic heterocycles. The van der Waals surface area contributed by atoms with Gasteiger partial charge in [0.15, 0.2) is 0 Å². The first-order chi connectivity index (χ1) is 7.01. The Kier molecular flexibility index (Phi) is 4.14. The summed E-state index contributed by atoms with van der Waals surface area (Å²) in [6.45, 7) is 7.97. The maximum Gasteiger partial charge on any atom is 0.228 e. The van der Waals surface area contributed by atoms with Crippen molar-refractivity contribution in [3.8, 4) is 0 Å². The molecule has 3 nitrogen and oxygen atoms in total. The van der Waals surface area contributed by atoms with Gasteiger partial charge in [-0.05, 0) is 26.3 Å². The van der Waals surface area contributed by atoms with Crippen molar-refractivity contribution in [3.05, 3.63) is 0 Å². The monoisotopic (exact) mass is 212 g/mol. The van der Waals surface area contributed by atoms with E-state index in [0.29, 0.717) is 11.9 Å². The number of nitrogens with one attached hydrogen (secondary N) is 1. The third-order valence-corrected chi connectivity index (χ3v) is 3.58. The first kappa shape index (κ1) is 12.5. The number of rotatable bonds is 3. The predicted molar refractivity (Wildman–Crippen MR) is 62.7 cm³/mol. The molecule has 1 amide bonds. The largest absolute Gasteiger partial charge is 0.341 e. The maximum absolute atomic E-state index is 12.2. The summed E-state index contributed by atoms with van der Waals surface area (Å²) in [5, 5.41) is 3.26. The molecule has 0 aromatic rings. The van der Waals surface area contributed by atoms with Gasteiger partial charge < -0.3 is 10.2 Å². The fourth-order valence-corrected chi connectivity index (χ4v) is 1.98. The van der Waals surface area contributed by atoms with Gasteiger partial charge in [-0.3, -0.25) is 4.79 Å². The SMILES string of the molecule is CCC(C)(C)C(=O)N1CCCC(NC)C1. The lowest BCUT2D eigenvalue weighted by Gasteiger charge is -2.37. The molecule has 0 saturated carbocycles. The van der Waals surface area contributed by atoms with Crippen molar-refractivity contribution >= 4 is 5.91 Å². The molecule has 1 rings (SSSR count). The second-order valence-corrected chi connectivity index (χ2v) is 5.12. The lowest BCUT2D eigenvalue weighted by Crippen LogP contribution is -2.50. The van der Waals surface area contributed by atoms with Crippen molar-refractivity contribution in [1.82, 2.24) is 10.2 Å². The highest BCUT2D eigenvalue weighted by molar-refractivity contribution is 5.82. The summed E-state index contributed by atoms with van der Waals surface area (Å²) >= 11 is 0. The average Bonchev–Trinajstić information content (AvgIpc) is 2.28. The van der Waals surface area contributed by atoms with Crippen LogP contribution in [0, 0.1) is 5.41 Å². The Balaban J connectivity index is 2.60. The molecule has 0 aromatic carbocycles. The van der Waals surface area contributed by atoms with Crippen LogP contribution in [-0.2, 0) is 4.79 Å². The summed E-state index contributed by atoms with van der Waals surface area (Å²) in [5.74, 6) is 0.310. The van der Waals surface area contributed by atoms with Crippen molar-refractivity contribution in [1.29, 1.82) is 0 Å². The van der Waals surface area contributed by atoms with E-state index in [1.54, 1.807) is 0 Å². The lowest BCUT2D eigenvalue weighted by molar-refractivity contribution is -0.141. The van der Waals surface area contributed by atoms with Crippen molar-refractivity contribution in [2.45, 2.75) is 46.1 Å². The second kappa shape index (κ2) is 4.97. The Bertz CT molecular complexity index is 226. The molecule has 1 N–H and O–H groups in total. The van der Waals surface area contributed by atoms with E-state index in [1.807, 2.05) is 25.8 Å². The molecule has 0 radical (unpaired) electrons. The Hall–Kier alpha value is -0.570. The molecule has 3 heteroatoms. The van der Waals surface area contributed by atoms with Gasteiger partial charge >= 0.3 is 0 Å². The number of likely N-dealkylation sites (N-methyl/N-ethyl adjacent to an activating group) is 1. The summed E-state index contributed by atoms with van der Waals surface area (Å²) in [6, 6.07) is 0.482. The lowest BCUT2D eigenvalue weighted by atomic mass is 9.87. The minimum atomic E-state index is -0.199. The van der Waals surface area contributed by atoms with Gasteiger partial charge in [-0.1, -0.05) is 20.8 Å². The highest BCUT2D eigenvalue weighted by atomic mass is 16.2. The first-order valence-corrected chi connectivity index (χ1v) is 5.98. The van der Waals surface area contributed by atoms with Crippen LogP contribution < -0.4 is 5.32 Å². The Morgan fingerprint density at radius 3 is 2.73 bits per heavy atom. The summed E-state index contributed by atoms with van der Waals surface area (Å²) < 4.78 is 0. The van der Waals surface area contributed by atoms with Gasteiger partial charge in [-0.2, -0.15) is 0 Å². The normalized spacial score (nSPS) is 22.9. The van der Waals surface area contributed by atoms with Gasteiger partial charge in [0.2, 0.25) is 5.91 Å². The standard InChI is InChI=1S/C12H24N2O/c1-5-12(2,3)11(15)14-8-6-7-10(9-14)13-4/h10,13H,5-9H2,1-4H3. The van der Waals surface area contributed by atoms with Crippen LogP contribution in [0.2, 0.25) is 0 Å². The number of nitrogens with zero attached hydrogens (tertiary/aromatic N) is 1. The van der Waals surface area contributed by atoms with Crippen molar-refractivity contribution in [2.24, 2.45) is 5.41 Å². The maximum atomic E-state index is 12.2. The number of likely N-dealkylation sites (tertiary alicyclic amines) is 1. The summed E-state index contributed by atoms with van der Waals surface area (Å²) in [4.78, 5) is 14.2. The van der Waals surface area contributed by atoms with Crippen LogP contribution in [0.1, 0.15) is 40.0 Å². The zero-order valence-electron chi connectivity index (χ0n) is 10.5. The fraction of sp³-hybridized carbons (Fsp3) is 0.917. The van der Waals surface area contributed by atoms with Gasteiger partial charge in [0.25, 0.3) is 0 Å². The number of hydrogen-bond donors (Lipinski definition) is 1. The van der Waals surface area contributed by atoms with Crippen LogP contribution in [0.25, 0.3) is 0 Å². The van der Waals surface area contributed by atoms with Gasteiger partial charge in [-0.15, -0.1) is 0 Å².